The van der Waals surface area contributed by atoms with Crippen LogP contribution >= 0.6 is 0 Å². The number of halogens is 1. The molecule has 3 nitrogen and oxygen atoms in total. The fourth-order valence-corrected chi connectivity index (χ4v) is 3.32. The van der Waals surface area contributed by atoms with Gasteiger partial charge in [0.2, 0.25) is 5.91 Å². The molecule has 1 spiro atoms. The van der Waals surface area contributed by atoms with E-state index in [0.717, 1.165) is 37.9 Å². The predicted octanol–water partition coefficient (Wildman–Crippen LogP) is 2.14. The molecule has 2 N–H and O–H groups in total. The van der Waals surface area contributed by atoms with Crippen molar-refractivity contribution in [2.75, 3.05) is 13.1 Å². The first kappa shape index (κ1) is 13.6. The van der Waals surface area contributed by atoms with Crippen molar-refractivity contribution in [3.05, 3.63) is 35.1 Å². The van der Waals surface area contributed by atoms with Gasteiger partial charge in [0.05, 0.1) is 0 Å². The summed E-state index contributed by atoms with van der Waals surface area (Å²) in [6, 6.07) is 4.99. The second-order valence-corrected chi connectivity index (χ2v) is 6.17. The van der Waals surface area contributed by atoms with Crippen LogP contribution in [0.1, 0.15) is 30.4 Å². The Morgan fingerprint density at radius 2 is 2.20 bits per heavy atom. The summed E-state index contributed by atoms with van der Waals surface area (Å²) >= 11 is 0. The molecule has 0 aromatic heterocycles. The van der Waals surface area contributed by atoms with Crippen LogP contribution in [-0.2, 0) is 11.3 Å². The third-order valence-electron chi connectivity index (χ3n) is 4.79. The molecule has 1 aliphatic carbocycles. The minimum Gasteiger partial charge on any atom is -0.352 e. The molecule has 1 aromatic carbocycles. The highest BCUT2D eigenvalue weighted by Crippen LogP contribution is 2.58. The molecule has 1 amide bonds. The Morgan fingerprint density at radius 1 is 1.45 bits per heavy atom. The van der Waals surface area contributed by atoms with Gasteiger partial charge >= 0.3 is 0 Å². The zero-order valence-corrected chi connectivity index (χ0v) is 11.8. The van der Waals surface area contributed by atoms with Gasteiger partial charge in [-0.15, -0.1) is 0 Å². The van der Waals surface area contributed by atoms with Gasteiger partial charge in [-0.05, 0) is 61.9 Å². The van der Waals surface area contributed by atoms with E-state index in [2.05, 4.69) is 10.6 Å². The summed E-state index contributed by atoms with van der Waals surface area (Å²) in [5.74, 6) is 0.149. The van der Waals surface area contributed by atoms with E-state index in [-0.39, 0.29) is 23.1 Å². The Kier molecular flexibility index (Phi) is 3.50. The first-order chi connectivity index (χ1) is 9.61. The van der Waals surface area contributed by atoms with E-state index in [9.17, 15) is 9.18 Å². The lowest BCUT2D eigenvalue weighted by atomic mass is 9.92. The maximum absolute atomic E-state index is 13.2. The number of aryl methyl sites for hydroxylation is 1. The Hall–Kier alpha value is -1.42. The zero-order chi connectivity index (χ0) is 14.2. The second kappa shape index (κ2) is 5.17. The van der Waals surface area contributed by atoms with Crippen LogP contribution in [0.5, 0.6) is 0 Å². The monoisotopic (exact) mass is 276 g/mol. The van der Waals surface area contributed by atoms with Crippen molar-refractivity contribution < 1.29 is 9.18 Å². The Bertz CT molecular complexity index is 523. The third-order valence-corrected chi connectivity index (χ3v) is 4.79. The molecule has 2 fully saturated rings. The molecular weight excluding hydrogens is 255 g/mol. The second-order valence-electron chi connectivity index (χ2n) is 6.17. The van der Waals surface area contributed by atoms with Gasteiger partial charge in [0.15, 0.2) is 0 Å². The molecule has 1 aromatic rings. The minimum atomic E-state index is -0.198. The van der Waals surface area contributed by atoms with E-state index in [1.165, 1.54) is 6.07 Å². The summed E-state index contributed by atoms with van der Waals surface area (Å²) < 4.78 is 13.2. The molecule has 20 heavy (non-hydrogen) atoms. The van der Waals surface area contributed by atoms with Crippen molar-refractivity contribution in [2.24, 2.45) is 11.3 Å². The minimum absolute atomic E-state index is 0.161. The van der Waals surface area contributed by atoms with E-state index in [4.69, 9.17) is 0 Å². The van der Waals surface area contributed by atoms with Crippen LogP contribution in [0.15, 0.2) is 18.2 Å². The lowest BCUT2D eigenvalue weighted by Gasteiger charge is -2.23. The maximum Gasteiger partial charge on any atom is 0.223 e. The van der Waals surface area contributed by atoms with Crippen molar-refractivity contribution >= 4 is 5.91 Å². The van der Waals surface area contributed by atoms with Crippen LogP contribution in [-0.4, -0.2) is 19.0 Å². The van der Waals surface area contributed by atoms with Crippen LogP contribution in [0, 0.1) is 24.1 Å². The summed E-state index contributed by atoms with van der Waals surface area (Å²) in [7, 11) is 0. The molecule has 2 aliphatic rings. The molecule has 4 heteroatoms. The Balaban J connectivity index is 1.54. The number of benzene rings is 1. The van der Waals surface area contributed by atoms with Crippen LogP contribution in [0.4, 0.5) is 4.39 Å². The third kappa shape index (κ3) is 2.57. The summed E-state index contributed by atoms with van der Waals surface area (Å²) in [4.78, 5) is 12.2. The number of rotatable bonds is 3. The van der Waals surface area contributed by atoms with E-state index in [1.54, 1.807) is 19.1 Å². The van der Waals surface area contributed by atoms with Gasteiger partial charge in [-0.1, -0.05) is 12.1 Å². The summed E-state index contributed by atoms with van der Waals surface area (Å²) in [6.07, 6.45) is 3.25. The SMILES string of the molecule is Cc1cc(CNC(=O)C2CC23CCNCC3)ccc1F. The van der Waals surface area contributed by atoms with Crippen molar-refractivity contribution in [3.8, 4) is 0 Å². The van der Waals surface area contributed by atoms with Crippen LogP contribution in [0.2, 0.25) is 0 Å². The van der Waals surface area contributed by atoms with E-state index < -0.39 is 0 Å². The smallest absolute Gasteiger partial charge is 0.223 e. The molecule has 3 rings (SSSR count). The maximum atomic E-state index is 13.2. The fourth-order valence-electron chi connectivity index (χ4n) is 3.32. The van der Waals surface area contributed by atoms with Crippen LogP contribution in [0.3, 0.4) is 0 Å². The van der Waals surface area contributed by atoms with Gasteiger partial charge in [0.25, 0.3) is 0 Å². The molecular formula is C16H21FN2O. The first-order valence-electron chi connectivity index (χ1n) is 7.34. The highest BCUT2D eigenvalue weighted by atomic mass is 19.1. The van der Waals surface area contributed by atoms with Crippen molar-refractivity contribution in [1.29, 1.82) is 0 Å². The van der Waals surface area contributed by atoms with Crippen molar-refractivity contribution in [1.82, 2.24) is 10.6 Å². The van der Waals surface area contributed by atoms with Crippen LogP contribution in [0.25, 0.3) is 0 Å². The number of carbonyl (C=O) groups excluding carboxylic acids is 1. The summed E-state index contributed by atoms with van der Waals surface area (Å²) in [6.45, 7) is 4.29. The lowest BCUT2D eigenvalue weighted by molar-refractivity contribution is -0.123. The predicted molar refractivity (Wildman–Crippen MR) is 75.6 cm³/mol. The molecule has 1 saturated carbocycles. The molecule has 1 unspecified atom stereocenters. The number of hydrogen-bond acceptors (Lipinski definition) is 2. The number of hydrogen-bond donors (Lipinski definition) is 2. The Morgan fingerprint density at radius 3 is 2.90 bits per heavy atom. The van der Waals surface area contributed by atoms with Crippen molar-refractivity contribution in [2.45, 2.75) is 32.7 Å². The molecule has 0 bridgehead atoms. The lowest BCUT2D eigenvalue weighted by Crippen LogP contribution is -2.33. The van der Waals surface area contributed by atoms with E-state index >= 15 is 0 Å². The van der Waals surface area contributed by atoms with Gasteiger partial charge in [-0.2, -0.15) is 0 Å². The normalized spacial score (nSPS) is 23.6. The van der Waals surface area contributed by atoms with Crippen molar-refractivity contribution in [3.63, 3.8) is 0 Å². The van der Waals surface area contributed by atoms with Gasteiger partial charge in [-0.3, -0.25) is 4.79 Å². The molecule has 0 radical (unpaired) electrons. The van der Waals surface area contributed by atoms with E-state index in [0.29, 0.717) is 12.1 Å². The van der Waals surface area contributed by atoms with Gasteiger partial charge < -0.3 is 10.6 Å². The molecule has 1 saturated heterocycles. The molecule has 108 valence electrons. The van der Waals surface area contributed by atoms with Gasteiger partial charge in [0.1, 0.15) is 5.82 Å². The van der Waals surface area contributed by atoms with Crippen LogP contribution < -0.4 is 10.6 Å². The standard InChI is InChI=1S/C16H21FN2O/c1-11-8-12(2-3-14(11)17)10-19-15(20)13-9-16(13)4-6-18-7-5-16/h2-3,8,13,18H,4-7,9-10H2,1H3,(H,19,20). The van der Waals surface area contributed by atoms with Gasteiger partial charge in [0, 0.05) is 12.5 Å². The van der Waals surface area contributed by atoms with E-state index in [1.807, 2.05) is 0 Å². The number of nitrogens with one attached hydrogen (secondary N) is 2. The molecule has 1 atom stereocenters. The van der Waals surface area contributed by atoms with Gasteiger partial charge in [-0.25, -0.2) is 4.39 Å². The number of piperidine rings is 1. The first-order valence-corrected chi connectivity index (χ1v) is 7.34. The fraction of sp³-hybridized carbons (Fsp3) is 0.562. The molecule has 1 heterocycles. The quantitative estimate of drug-likeness (QED) is 0.888. The highest BCUT2D eigenvalue weighted by Gasteiger charge is 2.57. The average molecular weight is 276 g/mol. The highest BCUT2D eigenvalue weighted by molar-refractivity contribution is 5.82. The number of carbonyl (C=O) groups is 1. The number of amides is 1. The largest absolute Gasteiger partial charge is 0.352 e. The average Bonchev–Trinajstić information content (AvgIpc) is 3.14. The summed E-state index contributed by atoms with van der Waals surface area (Å²) in [5, 5.41) is 6.34. The topological polar surface area (TPSA) is 41.1 Å². The zero-order valence-electron chi connectivity index (χ0n) is 11.8. The Labute approximate surface area is 118 Å². The molecule has 1 aliphatic heterocycles. The summed E-state index contributed by atoms with van der Waals surface area (Å²) in [5.41, 5.74) is 1.85.